The normalized spacial score (nSPS) is 11.9. The first kappa shape index (κ1) is 12.6. The summed E-state index contributed by atoms with van der Waals surface area (Å²) >= 11 is 3.47. The van der Waals surface area contributed by atoms with Crippen LogP contribution < -0.4 is 5.73 Å². The average molecular weight is 332 g/mol. The zero-order valence-electron chi connectivity index (χ0n) is 10.2. The topological polar surface area (TPSA) is 89.3 Å². The van der Waals surface area contributed by atoms with E-state index in [-0.39, 0.29) is 5.84 Å². The molecule has 0 bridgehead atoms. The van der Waals surface area contributed by atoms with Crippen LogP contribution in [0.2, 0.25) is 0 Å². The van der Waals surface area contributed by atoms with Gasteiger partial charge in [-0.15, -0.1) is 5.10 Å². The van der Waals surface area contributed by atoms with Gasteiger partial charge < -0.3 is 10.9 Å². The van der Waals surface area contributed by atoms with Crippen LogP contribution in [0, 0.1) is 0 Å². The highest BCUT2D eigenvalue weighted by Crippen LogP contribution is 2.24. The number of oxime groups is 1. The summed E-state index contributed by atoms with van der Waals surface area (Å²) in [5.74, 6) is 0.0562. The molecule has 100 valence electrons. The third kappa shape index (κ3) is 2.01. The van der Waals surface area contributed by atoms with E-state index < -0.39 is 0 Å². The maximum Gasteiger partial charge on any atom is 0.170 e. The molecule has 1 aromatic heterocycles. The van der Waals surface area contributed by atoms with Crippen LogP contribution >= 0.6 is 15.9 Å². The van der Waals surface area contributed by atoms with E-state index in [9.17, 15) is 0 Å². The van der Waals surface area contributed by atoms with E-state index in [0.717, 1.165) is 21.2 Å². The van der Waals surface area contributed by atoms with Crippen LogP contribution in [0.5, 0.6) is 0 Å². The van der Waals surface area contributed by atoms with Crippen molar-refractivity contribution in [2.24, 2.45) is 10.9 Å². The van der Waals surface area contributed by atoms with E-state index in [4.69, 9.17) is 10.9 Å². The van der Waals surface area contributed by atoms with Crippen molar-refractivity contribution in [3.63, 3.8) is 0 Å². The van der Waals surface area contributed by atoms with Gasteiger partial charge in [-0.3, -0.25) is 0 Å². The Kier molecular flexibility index (Phi) is 3.11. The molecule has 3 aromatic rings. The second-order valence-corrected chi connectivity index (χ2v) is 5.00. The second kappa shape index (κ2) is 4.93. The maximum absolute atomic E-state index is 8.69. The molecule has 0 radical (unpaired) electrons. The van der Waals surface area contributed by atoms with Crippen molar-refractivity contribution in [3.8, 4) is 5.69 Å². The lowest BCUT2D eigenvalue weighted by Crippen LogP contribution is -2.13. The fraction of sp³-hybridized carbons (Fsp3) is 0. The van der Waals surface area contributed by atoms with Crippen molar-refractivity contribution in [3.05, 3.63) is 52.5 Å². The van der Waals surface area contributed by atoms with E-state index in [0.29, 0.717) is 5.56 Å². The first-order valence-electron chi connectivity index (χ1n) is 5.79. The summed E-state index contributed by atoms with van der Waals surface area (Å²) in [6.07, 6.45) is 0. The second-order valence-electron chi connectivity index (χ2n) is 4.14. The highest BCUT2D eigenvalue weighted by atomic mass is 79.9. The van der Waals surface area contributed by atoms with Gasteiger partial charge >= 0.3 is 0 Å². The fourth-order valence-electron chi connectivity index (χ4n) is 1.94. The minimum absolute atomic E-state index is 0.0562. The van der Waals surface area contributed by atoms with Gasteiger partial charge in [-0.25, -0.2) is 4.68 Å². The lowest BCUT2D eigenvalue weighted by atomic mass is 10.2. The number of nitrogens with two attached hydrogens (primary N) is 1. The molecule has 0 saturated carbocycles. The summed E-state index contributed by atoms with van der Waals surface area (Å²) in [6, 6.07) is 13.0. The predicted molar refractivity (Wildman–Crippen MR) is 79.1 cm³/mol. The Morgan fingerprint density at radius 2 is 2.05 bits per heavy atom. The van der Waals surface area contributed by atoms with Crippen LogP contribution in [-0.2, 0) is 0 Å². The molecular weight excluding hydrogens is 322 g/mol. The molecule has 0 amide bonds. The highest BCUT2D eigenvalue weighted by Gasteiger charge is 2.10. The van der Waals surface area contributed by atoms with Crippen LogP contribution in [-0.4, -0.2) is 26.0 Å². The molecule has 0 aliphatic rings. The zero-order chi connectivity index (χ0) is 14.1. The van der Waals surface area contributed by atoms with Gasteiger partial charge in [0.2, 0.25) is 0 Å². The zero-order valence-corrected chi connectivity index (χ0v) is 11.8. The van der Waals surface area contributed by atoms with Gasteiger partial charge in [-0.1, -0.05) is 22.5 Å². The van der Waals surface area contributed by atoms with Crippen molar-refractivity contribution >= 4 is 32.8 Å². The number of nitrogens with zero attached hydrogens (tertiary/aromatic N) is 4. The highest BCUT2D eigenvalue weighted by molar-refractivity contribution is 9.10. The number of amidine groups is 1. The van der Waals surface area contributed by atoms with Gasteiger partial charge in [-0.05, 0) is 46.3 Å². The molecule has 1 heterocycles. The van der Waals surface area contributed by atoms with E-state index in [1.54, 1.807) is 16.8 Å². The fourth-order valence-corrected chi connectivity index (χ4v) is 2.49. The van der Waals surface area contributed by atoms with Crippen molar-refractivity contribution < 1.29 is 5.21 Å². The Bertz CT molecular complexity index is 811. The first-order chi connectivity index (χ1) is 9.70. The molecule has 3 N–H and O–H groups in total. The summed E-state index contributed by atoms with van der Waals surface area (Å²) in [5, 5.41) is 19.9. The largest absolute Gasteiger partial charge is 0.409 e. The van der Waals surface area contributed by atoms with Crippen molar-refractivity contribution in [1.29, 1.82) is 0 Å². The Labute approximate surface area is 122 Å². The molecule has 0 aliphatic carbocycles. The molecule has 2 aromatic carbocycles. The quantitative estimate of drug-likeness (QED) is 0.326. The van der Waals surface area contributed by atoms with Gasteiger partial charge in [0.1, 0.15) is 5.52 Å². The summed E-state index contributed by atoms with van der Waals surface area (Å²) in [6.45, 7) is 0. The number of rotatable bonds is 2. The predicted octanol–water partition coefficient (Wildman–Crippen LogP) is 2.28. The summed E-state index contributed by atoms with van der Waals surface area (Å²) in [4.78, 5) is 0. The third-order valence-electron chi connectivity index (χ3n) is 2.93. The van der Waals surface area contributed by atoms with Crippen molar-refractivity contribution in [1.82, 2.24) is 15.0 Å². The third-order valence-corrected chi connectivity index (χ3v) is 3.57. The van der Waals surface area contributed by atoms with Crippen LogP contribution in [0.15, 0.2) is 52.1 Å². The molecule has 0 fully saturated rings. The number of hydrogen-bond donors (Lipinski definition) is 2. The summed E-state index contributed by atoms with van der Waals surface area (Å²) in [7, 11) is 0. The smallest absolute Gasteiger partial charge is 0.170 e. The van der Waals surface area contributed by atoms with Gasteiger partial charge in [-0.2, -0.15) is 0 Å². The standard InChI is InChI=1S/C13H10BrN5O/c14-9-7-8(13(15)17-20)5-6-11(9)19-12-4-2-1-3-10(12)16-18-19/h1-7,20H,(H2,15,17). The lowest BCUT2D eigenvalue weighted by Gasteiger charge is -2.07. The SMILES string of the molecule is N/C(=N/O)c1ccc(-n2nnc3ccccc32)c(Br)c1. The van der Waals surface area contributed by atoms with Gasteiger partial charge in [0.15, 0.2) is 5.84 Å². The summed E-state index contributed by atoms with van der Waals surface area (Å²) < 4.78 is 2.51. The summed E-state index contributed by atoms with van der Waals surface area (Å²) in [5.41, 5.74) is 8.74. The first-order valence-corrected chi connectivity index (χ1v) is 6.58. The van der Waals surface area contributed by atoms with Crippen molar-refractivity contribution in [2.45, 2.75) is 0 Å². The molecule has 3 rings (SSSR count). The van der Waals surface area contributed by atoms with E-state index in [1.807, 2.05) is 30.3 Å². The molecule has 0 saturated heterocycles. The minimum Gasteiger partial charge on any atom is -0.409 e. The van der Waals surface area contributed by atoms with Gasteiger partial charge in [0.25, 0.3) is 0 Å². The number of para-hydroxylation sites is 1. The number of halogens is 1. The van der Waals surface area contributed by atoms with Gasteiger partial charge in [0, 0.05) is 10.0 Å². The Balaban J connectivity index is 2.15. The lowest BCUT2D eigenvalue weighted by molar-refractivity contribution is 0.318. The molecule has 7 heteroatoms. The number of hydrogen-bond acceptors (Lipinski definition) is 4. The molecule has 0 unspecified atom stereocenters. The average Bonchev–Trinajstić information content (AvgIpc) is 2.90. The molecule has 0 aliphatic heterocycles. The van der Waals surface area contributed by atoms with Crippen LogP contribution in [0.25, 0.3) is 16.7 Å². The maximum atomic E-state index is 8.69. The Hall–Kier alpha value is -2.41. The van der Waals surface area contributed by atoms with Crippen molar-refractivity contribution in [2.75, 3.05) is 0 Å². The number of aromatic nitrogens is 3. The van der Waals surface area contributed by atoms with E-state index >= 15 is 0 Å². The molecular formula is C13H10BrN5O. The van der Waals surface area contributed by atoms with E-state index in [2.05, 4.69) is 31.4 Å². The molecule has 20 heavy (non-hydrogen) atoms. The minimum atomic E-state index is 0.0562. The monoisotopic (exact) mass is 331 g/mol. The van der Waals surface area contributed by atoms with Gasteiger partial charge in [0.05, 0.1) is 11.2 Å². The number of benzene rings is 2. The Morgan fingerprint density at radius 3 is 2.80 bits per heavy atom. The molecule has 6 nitrogen and oxygen atoms in total. The van der Waals surface area contributed by atoms with Crippen LogP contribution in [0.4, 0.5) is 0 Å². The van der Waals surface area contributed by atoms with E-state index in [1.165, 1.54) is 0 Å². The number of fused-ring (bicyclic) bond motifs is 1. The van der Waals surface area contributed by atoms with Crippen LogP contribution in [0.1, 0.15) is 5.56 Å². The Morgan fingerprint density at radius 1 is 1.25 bits per heavy atom. The molecule has 0 spiro atoms. The van der Waals surface area contributed by atoms with Crippen LogP contribution in [0.3, 0.4) is 0 Å². The molecule has 0 atom stereocenters.